The number of nitrogens with one attached hydrogen (secondary N) is 2. The van der Waals surface area contributed by atoms with Crippen LogP contribution in [-0.2, 0) is 17.8 Å². The number of aromatic hydroxyl groups is 2. The minimum absolute atomic E-state index is 0.0346. The number of ether oxygens (including phenoxy) is 1. The lowest BCUT2D eigenvalue weighted by molar-refractivity contribution is -0.139. The maximum Gasteiger partial charge on any atom is 0.326 e. The van der Waals surface area contributed by atoms with E-state index in [1.54, 1.807) is 48.5 Å². The van der Waals surface area contributed by atoms with Gasteiger partial charge in [0.25, 0.3) is 5.91 Å². The zero-order valence-electron chi connectivity index (χ0n) is 30.3. The van der Waals surface area contributed by atoms with Gasteiger partial charge in [0, 0.05) is 29.2 Å². The van der Waals surface area contributed by atoms with Gasteiger partial charge in [-0.1, -0.05) is 49.6 Å². The first-order chi connectivity index (χ1) is 27.3. The van der Waals surface area contributed by atoms with Gasteiger partial charge in [0.15, 0.2) is 0 Å². The van der Waals surface area contributed by atoms with Crippen molar-refractivity contribution >= 4 is 22.9 Å². The van der Waals surface area contributed by atoms with Gasteiger partial charge in [-0.05, 0) is 119 Å². The molecule has 2 heterocycles. The molecule has 5 N–H and O–H groups in total. The number of phenols is 2. The number of carbonyl (C=O) groups is 2. The van der Waals surface area contributed by atoms with Crippen molar-refractivity contribution in [2.45, 2.75) is 57.2 Å². The number of phenolic OH excluding ortho intramolecular Hbond substituents is 2. The van der Waals surface area contributed by atoms with Crippen LogP contribution in [0, 0.1) is 0 Å². The van der Waals surface area contributed by atoms with Gasteiger partial charge in [-0.2, -0.15) is 5.21 Å². The average Bonchev–Trinajstić information content (AvgIpc) is 3.90. The molecule has 0 saturated heterocycles. The number of H-pyrrole nitrogens is 1. The first kappa shape index (κ1) is 36.0. The second-order valence-electron chi connectivity index (χ2n) is 14.0. The van der Waals surface area contributed by atoms with Crippen molar-refractivity contribution in [1.82, 2.24) is 35.5 Å². The van der Waals surface area contributed by atoms with Crippen molar-refractivity contribution in [3.8, 4) is 51.2 Å². The topological polar surface area (TPSA) is 188 Å². The summed E-state index contributed by atoms with van der Waals surface area (Å²) in [5.41, 5.74) is 6.72. The zero-order valence-corrected chi connectivity index (χ0v) is 30.3. The number of carboxylic acids is 1. The van der Waals surface area contributed by atoms with Gasteiger partial charge in [-0.15, -0.1) is 10.2 Å². The molecule has 8 rings (SSSR count). The maximum atomic E-state index is 13.5. The molecule has 1 aliphatic rings. The number of rotatable bonds is 12. The number of carbonyl (C=O) groups excluding carboxylic acids is 1. The van der Waals surface area contributed by atoms with Gasteiger partial charge < -0.3 is 29.9 Å². The number of aromatic amines is 1. The Labute approximate surface area is 321 Å². The summed E-state index contributed by atoms with van der Waals surface area (Å²) in [6, 6.07) is 31.0. The highest BCUT2D eigenvalue weighted by molar-refractivity contribution is 5.97. The number of fused-ring (bicyclic) bond motifs is 1. The first-order valence-electron chi connectivity index (χ1n) is 18.5. The molecule has 0 spiro atoms. The van der Waals surface area contributed by atoms with E-state index >= 15 is 0 Å². The third kappa shape index (κ3) is 7.78. The Morgan fingerprint density at radius 3 is 2.36 bits per heavy atom. The van der Waals surface area contributed by atoms with Crippen LogP contribution in [0.2, 0.25) is 0 Å². The summed E-state index contributed by atoms with van der Waals surface area (Å²) in [6.45, 7) is 0.0841. The molecular formula is C43H39N7O6. The molecule has 1 aliphatic carbocycles. The van der Waals surface area contributed by atoms with Gasteiger partial charge in [-0.3, -0.25) is 4.79 Å². The van der Waals surface area contributed by atoms with E-state index in [9.17, 15) is 24.9 Å². The van der Waals surface area contributed by atoms with Crippen LogP contribution < -0.4 is 10.1 Å². The van der Waals surface area contributed by atoms with Gasteiger partial charge in [0.05, 0.1) is 11.0 Å². The summed E-state index contributed by atoms with van der Waals surface area (Å²) in [6.07, 6.45) is 5.78. The van der Waals surface area contributed by atoms with Crippen LogP contribution >= 0.6 is 0 Å². The number of hydrogen-bond donors (Lipinski definition) is 5. The summed E-state index contributed by atoms with van der Waals surface area (Å²) in [7, 11) is 0. The number of aliphatic carboxylic acids is 1. The molecule has 0 aliphatic heterocycles. The summed E-state index contributed by atoms with van der Waals surface area (Å²) in [5, 5.41) is 46.9. The Balaban J connectivity index is 1.05. The maximum absolute atomic E-state index is 13.5. The van der Waals surface area contributed by atoms with E-state index in [1.165, 1.54) is 31.4 Å². The van der Waals surface area contributed by atoms with E-state index in [0.29, 0.717) is 28.7 Å². The second-order valence-corrected chi connectivity index (χ2v) is 14.0. The molecule has 1 unspecified atom stereocenters. The largest absolute Gasteiger partial charge is 0.508 e. The molecule has 2 aromatic heterocycles. The molecule has 13 nitrogen and oxygen atoms in total. The monoisotopic (exact) mass is 749 g/mol. The first-order valence-corrected chi connectivity index (χ1v) is 18.5. The molecule has 0 radical (unpaired) electrons. The quantitative estimate of drug-likeness (QED) is 0.0838. The normalized spacial score (nSPS) is 13.7. The van der Waals surface area contributed by atoms with Gasteiger partial charge in [-0.25, -0.2) is 9.78 Å². The molecule has 1 saturated carbocycles. The molecule has 7 aromatic rings. The lowest BCUT2D eigenvalue weighted by Gasteiger charge is -2.25. The summed E-state index contributed by atoms with van der Waals surface area (Å²) < 4.78 is 8.69. The summed E-state index contributed by atoms with van der Waals surface area (Å²) in [4.78, 5) is 30.7. The van der Waals surface area contributed by atoms with Crippen molar-refractivity contribution in [3.63, 3.8) is 0 Å². The number of aromatic nitrogens is 6. The lowest BCUT2D eigenvalue weighted by atomic mass is 9.94. The van der Waals surface area contributed by atoms with Gasteiger partial charge in [0.2, 0.25) is 5.82 Å². The summed E-state index contributed by atoms with van der Waals surface area (Å²) in [5.74, 6) is 0.400. The Kier molecular flexibility index (Phi) is 10.1. The van der Waals surface area contributed by atoms with Crippen LogP contribution in [0.5, 0.6) is 17.2 Å². The smallest absolute Gasteiger partial charge is 0.326 e. The molecular weight excluding hydrogens is 711 g/mol. The van der Waals surface area contributed by atoms with Crippen LogP contribution in [0.15, 0.2) is 109 Å². The molecule has 1 fully saturated rings. The zero-order chi connectivity index (χ0) is 38.6. The van der Waals surface area contributed by atoms with Crippen molar-refractivity contribution in [1.29, 1.82) is 0 Å². The van der Waals surface area contributed by atoms with Crippen molar-refractivity contribution in [3.05, 3.63) is 126 Å². The van der Waals surface area contributed by atoms with Crippen LogP contribution in [0.3, 0.4) is 0 Å². The lowest BCUT2D eigenvalue weighted by Crippen LogP contribution is -2.42. The fraction of sp³-hybridized carbons (Fsp3) is 0.209. The number of tetrazole rings is 1. The Morgan fingerprint density at radius 1 is 0.839 bits per heavy atom. The third-order valence-electron chi connectivity index (χ3n) is 10.2. The fourth-order valence-electron chi connectivity index (χ4n) is 7.41. The standard InChI is InChI=1S/C43H39N7O6/c51-33-15-9-26(10-16-33)21-38(43(54)55)45-42(53)30-13-19-36(28-5-4-8-34(52)23-28)31(22-30)25-56-35-17-11-27(12-18-35)41-44-37-24-29(40-46-48-49-47-40)14-20-39(37)50(41)32-6-2-1-3-7-32/h4-5,8-20,22-24,32,38,51-52H,1-3,6-7,21,25H2,(H,45,53)(H,54,55)(H,46,47,48,49). The minimum Gasteiger partial charge on any atom is -0.508 e. The minimum atomic E-state index is -1.20. The van der Waals surface area contributed by atoms with Crippen LogP contribution in [-0.4, -0.2) is 63.4 Å². The average molecular weight is 750 g/mol. The van der Waals surface area contributed by atoms with E-state index in [0.717, 1.165) is 52.0 Å². The van der Waals surface area contributed by atoms with E-state index in [4.69, 9.17) is 9.72 Å². The van der Waals surface area contributed by atoms with Crippen LogP contribution in [0.25, 0.3) is 44.9 Å². The fourth-order valence-corrected chi connectivity index (χ4v) is 7.41. The third-order valence-corrected chi connectivity index (χ3v) is 10.2. The van der Waals surface area contributed by atoms with Crippen LogP contribution in [0.1, 0.15) is 59.6 Å². The highest BCUT2D eigenvalue weighted by Crippen LogP contribution is 2.37. The Bertz CT molecular complexity index is 2490. The molecule has 1 atom stereocenters. The van der Waals surface area contributed by atoms with Gasteiger partial charge in [0.1, 0.15) is 35.7 Å². The van der Waals surface area contributed by atoms with E-state index in [2.05, 4.69) is 36.6 Å². The van der Waals surface area contributed by atoms with E-state index in [-0.39, 0.29) is 30.1 Å². The van der Waals surface area contributed by atoms with Crippen molar-refractivity contribution in [2.75, 3.05) is 0 Å². The Hall–Kier alpha value is -7.02. The predicted molar refractivity (Wildman–Crippen MR) is 209 cm³/mol. The van der Waals surface area contributed by atoms with Crippen molar-refractivity contribution < 1.29 is 29.6 Å². The second kappa shape index (κ2) is 15.8. The number of amides is 1. The molecule has 13 heteroatoms. The number of nitrogens with zero attached hydrogens (tertiary/aromatic N) is 5. The highest BCUT2D eigenvalue weighted by Gasteiger charge is 2.24. The van der Waals surface area contributed by atoms with Crippen LogP contribution in [0.4, 0.5) is 0 Å². The molecule has 282 valence electrons. The van der Waals surface area contributed by atoms with Gasteiger partial charge >= 0.3 is 5.97 Å². The SMILES string of the molecule is O=C(NC(Cc1ccc(O)cc1)C(=O)O)c1ccc(-c2cccc(O)c2)c(COc2ccc(-c3nc4cc(-c5nn[nH]n5)ccc4n3C3CCCCC3)cc2)c1. The number of benzene rings is 5. The Morgan fingerprint density at radius 2 is 1.62 bits per heavy atom. The highest BCUT2D eigenvalue weighted by atomic mass is 16.5. The summed E-state index contributed by atoms with van der Waals surface area (Å²) >= 11 is 0. The van der Waals surface area contributed by atoms with E-state index < -0.39 is 17.9 Å². The number of imidazole rings is 1. The predicted octanol–water partition coefficient (Wildman–Crippen LogP) is 7.47. The van der Waals surface area contributed by atoms with E-state index in [1.807, 2.05) is 42.5 Å². The van der Waals surface area contributed by atoms with Crippen molar-refractivity contribution in [2.24, 2.45) is 0 Å². The number of hydrogen-bond acceptors (Lipinski definition) is 9. The molecule has 1 amide bonds. The molecule has 0 bridgehead atoms. The molecule has 5 aromatic carbocycles. The number of carboxylic acid groups (broad SMARTS) is 1. The molecule has 56 heavy (non-hydrogen) atoms.